The second kappa shape index (κ2) is 6.48. The third-order valence-corrected chi connectivity index (χ3v) is 4.55. The summed E-state index contributed by atoms with van der Waals surface area (Å²) < 4.78 is 5.67. The van der Waals surface area contributed by atoms with Crippen molar-refractivity contribution in [3.05, 3.63) is 29.8 Å². The Hall–Kier alpha value is -1.55. The summed E-state index contributed by atoms with van der Waals surface area (Å²) in [5.74, 6) is 1.08. The van der Waals surface area contributed by atoms with Gasteiger partial charge >= 0.3 is 0 Å². The fourth-order valence-corrected chi connectivity index (χ4v) is 3.37. The second-order valence-corrected chi connectivity index (χ2v) is 5.90. The number of nitrogens with one attached hydrogen (secondary N) is 1. The third-order valence-electron chi connectivity index (χ3n) is 4.55. The van der Waals surface area contributed by atoms with Crippen molar-refractivity contribution in [1.29, 1.82) is 0 Å². The normalized spacial score (nSPS) is 24.2. The Bertz CT molecular complexity index is 497. The van der Waals surface area contributed by atoms with Gasteiger partial charge < -0.3 is 15.0 Å². The predicted molar refractivity (Wildman–Crippen MR) is 82.6 cm³/mol. The Morgan fingerprint density at radius 2 is 2.24 bits per heavy atom. The van der Waals surface area contributed by atoms with E-state index in [4.69, 9.17) is 4.74 Å². The summed E-state index contributed by atoms with van der Waals surface area (Å²) in [5.41, 5.74) is 1.05. The molecule has 2 aliphatic heterocycles. The lowest BCUT2D eigenvalue weighted by Crippen LogP contribution is -2.43. The molecule has 4 nitrogen and oxygen atoms in total. The Kier molecular flexibility index (Phi) is 4.44. The zero-order chi connectivity index (χ0) is 14.7. The van der Waals surface area contributed by atoms with Crippen LogP contribution in [0.5, 0.6) is 5.75 Å². The molecule has 0 bridgehead atoms. The largest absolute Gasteiger partial charge is 0.493 e. The molecule has 4 heteroatoms. The molecule has 1 saturated heterocycles. The van der Waals surface area contributed by atoms with E-state index in [2.05, 4.69) is 12.2 Å². The van der Waals surface area contributed by atoms with Crippen LogP contribution in [-0.2, 0) is 4.79 Å². The summed E-state index contributed by atoms with van der Waals surface area (Å²) in [4.78, 5) is 14.9. The van der Waals surface area contributed by atoms with E-state index < -0.39 is 0 Å². The van der Waals surface area contributed by atoms with Crippen molar-refractivity contribution in [3.63, 3.8) is 0 Å². The van der Waals surface area contributed by atoms with E-state index >= 15 is 0 Å². The molecule has 21 heavy (non-hydrogen) atoms. The molecular weight excluding hydrogens is 264 g/mol. The van der Waals surface area contributed by atoms with Gasteiger partial charge in [0.1, 0.15) is 5.75 Å². The molecule has 1 amide bonds. The number of carbonyl (C=O) groups excluding carboxylic acids is 1. The van der Waals surface area contributed by atoms with Crippen LogP contribution in [0.3, 0.4) is 0 Å². The van der Waals surface area contributed by atoms with Gasteiger partial charge in [0.25, 0.3) is 0 Å². The van der Waals surface area contributed by atoms with Crippen LogP contribution in [0.25, 0.3) is 0 Å². The molecule has 114 valence electrons. The van der Waals surface area contributed by atoms with Gasteiger partial charge in [0.2, 0.25) is 5.91 Å². The average molecular weight is 288 g/mol. The van der Waals surface area contributed by atoms with Gasteiger partial charge in [-0.1, -0.05) is 18.2 Å². The monoisotopic (exact) mass is 288 g/mol. The summed E-state index contributed by atoms with van der Waals surface area (Å²) in [6, 6.07) is 8.40. The van der Waals surface area contributed by atoms with Crippen molar-refractivity contribution in [3.8, 4) is 5.75 Å². The van der Waals surface area contributed by atoms with Gasteiger partial charge in [0.15, 0.2) is 0 Å². The maximum Gasteiger partial charge on any atom is 0.230 e. The first-order chi connectivity index (χ1) is 10.3. The highest BCUT2D eigenvalue weighted by molar-refractivity contribution is 5.85. The first-order valence-electron chi connectivity index (χ1n) is 8.03. The summed E-state index contributed by atoms with van der Waals surface area (Å²) >= 11 is 0. The van der Waals surface area contributed by atoms with Gasteiger partial charge in [-0.15, -0.1) is 0 Å². The summed E-state index contributed by atoms with van der Waals surface area (Å²) in [7, 11) is 0. The van der Waals surface area contributed by atoms with E-state index in [1.165, 1.54) is 12.8 Å². The number of hydrogen-bond donors (Lipinski definition) is 1. The van der Waals surface area contributed by atoms with Crippen molar-refractivity contribution >= 4 is 5.91 Å². The van der Waals surface area contributed by atoms with Crippen LogP contribution in [-0.4, -0.2) is 43.1 Å². The van der Waals surface area contributed by atoms with Crippen LogP contribution in [0.1, 0.15) is 37.7 Å². The zero-order valence-electron chi connectivity index (χ0n) is 12.7. The van der Waals surface area contributed by atoms with Crippen molar-refractivity contribution in [2.45, 2.75) is 38.1 Å². The van der Waals surface area contributed by atoms with Crippen LogP contribution in [0, 0.1) is 0 Å². The maximum absolute atomic E-state index is 12.9. The fraction of sp³-hybridized carbons (Fsp3) is 0.588. The number of rotatable bonds is 4. The minimum Gasteiger partial charge on any atom is -0.493 e. The molecule has 3 rings (SSSR count). The highest BCUT2D eigenvalue weighted by atomic mass is 16.5. The van der Waals surface area contributed by atoms with Crippen LogP contribution < -0.4 is 10.1 Å². The SMILES string of the molecule is CCN(CC1CCCN1)C(=O)C1CCOc2ccccc21. The first-order valence-corrected chi connectivity index (χ1v) is 8.03. The molecule has 0 spiro atoms. The fourth-order valence-electron chi connectivity index (χ4n) is 3.37. The maximum atomic E-state index is 12.9. The molecule has 2 atom stereocenters. The third kappa shape index (κ3) is 3.05. The highest BCUT2D eigenvalue weighted by Gasteiger charge is 2.31. The lowest BCUT2D eigenvalue weighted by atomic mass is 9.91. The smallest absolute Gasteiger partial charge is 0.230 e. The molecule has 0 aliphatic carbocycles. The molecular formula is C17H24N2O2. The standard InChI is InChI=1S/C17H24N2O2/c1-2-19(12-13-6-5-10-18-13)17(20)15-9-11-21-16-8-4-3-7-14(15)16/h3-4,7-8,13,15,18H,2,5-6,9-12H2,1H3. The van der Waals surface area contributed by atoms with Crippen molar-refractivity contribution in [2.24, 2.45) is 0 Å². The van der Waals surface area contributed by atoms with Gasteiger partial charge in [0.05, 0.1) is 12.5 Å². The van der Waals surface area contributed by atoms with E-state index in [0.717, 1.165) is 37.4 Å². The van der Waals surface area contributed by atoms with E-state index in [1.807, 2.05) is 29.2 Å². The topological polar surface area (TPSA) is 41.6 Å². The van der Waals surface area contributed by atoms with Crippen molar-refractivity contribution < 1.29 is 9.53 Å². The zero-order valence-corrected chi connectivity index (χ0v) is 12.7. The minimum absolute atomic E-state index is 0.0451. The molecule has 0 aromatic heterocycles. The number of ether oxygens (including phenoxy) is 1. The van der Waals surface area contributed by atoms with E-state index in [9.17, 15) is 4.79 Å². The van der Waals surface area contributed by atoms with E-state index in [0.29, 0.717) is 12.6 Å². The molecule has 1 fully saturated rings. The molecule has 2 unspecified atom stereocenters. The minimum atomic E-state index is -0.0451. The molecule has 0 saturated carbocycles. The Labute approximate surface area is 126 Å². The molecule has 1 aromatic rings. The summed E-state index contributed by atoms with van der Waals surface area (Å²) in [6.07, 6.45) is 3.18. The lowest BCUT2D eigenvalue weighted by molar-refractivity contribution is -0.133. The summed E-state index contributed by atoms with van der Waals surface area (Å²) in [5, 5.41) is 3.48. The summed E-state index contributed by atoms with van der Waals surface area (Å²) in [6.45, 7) is 5.38. The van der Waals surface area contributed by atoms with Gasteiger partial charge in [-0.25, -0.2) is 0 Å². The number of hydrogen-bond acceptors (Lipinski definition) is 3. The van der Waals surface area contributed by atoms with E-state index in [1.54, 1.807) is 0 Å². The van der Waals surface area contributed by atoms with Crippen LogP contribution in [0.4, 0.5) is 0 Å². The lowest BCUT2D eigenvalue weighted by Gasteiger charge is -2.31. The highest BCUT2D eigenvalue weighted by Crippen LogP contribution is 2.34. The number of likely N-dealkylation sites (N-methyl/N-ethyl adjacent to an activating group) is 1. The predicted octanol–water partition coefficient (Wildman–Crippen LogP) is 2.15. The number of nitrogens with zero attached hydrogens (tertiary/aromatic N) is 1. The molecule has 1 N–H and O–H groups in total. The first kappa shape index (κ1) is 14.4. The van der Waals surface area contributed by atoms with Gasteiger partial charge in [-0.05, 0) is 38.8 Å². The average Bonchev–Trinajstić information content (AvgIpc) is 3.04. The van der Waals surface area contributed by atoms with Crippen LogP contribution in [0.15, 0.2) is 24.3 Å². The molecule has 2 aliphatic rings. The van der Waals surface area contributed by atoms with Gasteiger partial charge in [0, 0.05) is 24.7 Å². The number of benzene rings is 1. The number of para-hydroxylation sites is 1. The Morgan fingerprint density at radius 3 is 3.00 bits per heavy atom. The van der Waals surface area contributed by atoms with Gasteiger partial charge in [-0.2, -0.15) is 0 Å². The molecule has 1 aromatic carbocycles. The number of amides is 1. The Balaban J connectivity index is 1.74. The quantitative estimate of drug-likeness (QED) is 0.923. The van der Waals surface area contributed by atoms with Crippen LogP contribution >= 0.6 is 0 Å². The Morgan fingerprint density at radius 1 is 1.38 bits per heavy atom. The van der Waals surface area contributed by atoms with Crippen molar-refractivity contribution in [2.75, 3.05) is 26.2 Å². The second-order valence-electron chi connectivity index (χ2n) is 5.90. The van der Waals surface area contributed by atoms with Crippen molar-refractivity contribution in [1.82, 2.24) is 10.2 Å². The number of fused-ring (bicyclic) bond motifs is 1. The van der Waals surface area contributed by atoms with E-state index in [-0.39, 0.29) is 11.8 Å². The van der Waals surface area contributed by atoms with Crippen LogP contribution in [0.2, 0.25) is 0 Å². The number of carbonyl (C=O) groups is 1. The van der Waals surface area contributed by atoms with Gasteiger partial charge in [-0.3, -0.25) is 4.79 Å². The molecule has 2 heterocycles. The molecule has 0 radical (unpaired) electrons.